The standard InChI is InChI=1S/C20H28N2O3S/c1-4-25-18-11-12-19(17-10-6-5-9-16(17)18)26(23,24)21-15-20(22(2)3)13-7-8-14-20/h5-6,9-12,21H,4,7-8,13-15H2,1-3H3. The summed E-state index contributed by atoms with van der Waals surface area (Å²) in [6, 6.07) is 10.9. The summed E-state index contributed by atoms with van der Waals surface area (Å²) < 4.78 is 34.7. The Morgan fingerprint density at radius 2 is 1.73 bits per heavy atom. The van der Waals surface area contributed by atoms with E-state index in [-0.39, 0.29) is 5.54 Å². The van der Waals surface area contributed by atoms with Gasteiger partial charge in [-0.15, -0.1) is 0 Å². The topological polar surface area (TPSA) is 58.6 Å². The molecule has 0 atom stereocenters. The summed E-state index contributed by atoms with van der Waals surface area (Å²) in [6.45, 7) is 2.90. The smallest absolute Gasteiger partial charge is 0.241 e. The molecule has 1 fully saturated rings. The van der Waals surface area contributed by atoms with Gasteiger partial charge in [0.2, 0.25) is 10.0 Å². The Balaban J connectivity index is 1.94. The van der Waals surface area contributed by atoms with Gasteiger partial charge < -0.3 is 9.64 Å². The van der Waals surface area contributed by atoms with Crippen molar-refractivity contribution in [3.05, 3.63) is 36.4 Å². The number of rotatable bonds is 7. The van der Waals surface area contributed by atoms with E-state index < -0.39 is 10.0 Å². The van der Waals surface area contributed by atoms with E-state index in [0.717, 1.165) is 31.1 Å². The molecule has 1 saturated carbocycles. The lowest BCUT2D eigenvalue weighted by Crippen LogP contribution is -2.50. The molecular formula is C20H28N2O3S. The molecule has 0 aliphatic heterocycles. The Labute approximate surface area is 156 Å². The molecule has 142 valence electrons. The highest BCUT2D eigenvalue weighted by Crippen LogP contribution is 2.34. The van der Waals surface area contributed by atoms with Gasteiger partial charge in [0.15, 0.2) is 0 Å². The van der Waals surface area contributed by atoms with Crippen molar-refractivity contribution in [2.75, 3.05) is 27.2 Å². The number of hydrogen-bond donors (Lipinski definition) is 1. The molecule has 26 heavy (non-hydrogen) atoms. The fraction of sp³-hybridized carbons (Fsp3) is 0.500. The maximum atomic E-state index is 13.1. The highest BCUT2D eigenvalue weighted by atomic mass is 32.2. The van der Waals surface area contributed by atoms with E-state index in [1.807, 2.05) is 45.3 Å². The number of likely N-dealkylation sites (N-methyl/N-ethyl adjacent to an activating group) is 1. The highest BCUT2D eigenvalue weighted by molar-refractivity contribution is 7.89. The van der Waals surface area contributed by atoms with Crippen LogP contribution in [0.3, 0.4) is 0 Å². The first-order chi connectivity index (χ1) is 12.4. The number of nitrogens with zero attached hydrogens (tertiary/aromatic N) is 1. The first kappa shape index (κ1) is 19.1. The van der Waals surface area contributed by atoms with Crippen LogP contribution in [0.5, 0.6) is 5.75 Å². The Hall–Kier alpha value is -1.63. The van der Waals surface area contributed by atoms with Crippen LogP contribution in [0.2, 0.25) is 0 Å². The quantitative estimate of drug-likeness (QED) is 0.805. The number of ether oxygens (including phenoxy) is 1. The molecule has 5 nitrogen and oxygen atoms in total. The number of hydrogen-bond acceptors (Lipinski definition) is 4. The number of sulfonamides is 1. The summed E-state index contributed by atoms with van der Waals surface area (Å²) in [6.07, 6.45) is 4.33. The van der Waals surface area contributed by atoms with Crippen molar-refractivity contribution < 1.29 is 13.2 Å². The number of fused-ring (bicyclic) bond motifs is 1. The lowest BCUT2D eigenvalue weighted by Gasteiger charge is -2.36. The second-order valence-corrected chi connectivity index (χ2v) is 8.93. The van der Waals surface area contributed by atoms with Crippen molar-refractivity contribution in [3.63, 3.8) is 0 Å². The molecule has 3 rings (SSSR count). The molecule has 2 aromatic rings. The van der Waals surface area contributed by atoms with Crippen LogP contribution in [0, 0.1) is 0 Å². The van der Waals surface area contributed by atoms with Crippen molar-refractivity contribution in [2.24, 2.45) is 0 Å². The Morgan fingerprint density at radius 1 is 1.08 bits per heavy atom. The summed E-state index contributed by atoms with van der Waals surface area (Å²) in [5, 5.41) is 1.51. The van der Waals surface area contributed by atoms with Crippen LogP contribution < -0.4 is 9.46 Å². The predicted molar refractivity (Wildman–Crippen MR) is 105 cm³/mol. The van der Waals surface area contributed by atoms with E-state index in [9.17, 15) is 8.42 Å². The van der Waals surface area contributed by atoms with Gasteiger partial charge in [-0.25, -0.2) is 13.1 Å². The Kier molecular flexibility index (Phi) is 5.55. The molecule has 0 unspecified atom stereocenters. The highest BCUT2D eigenvalue weighted by Gasteiger charge is 2.37. The third-order valence-electron chi connectivity index (χ3n) is 5.51. The maximum absolute atomic E-state index is 13.1. The van der Waals surface area contributed by atoms with Crippen molar-refractivity contribution >= 4 is 20.8 Å². The fourth-order valence-electron chi connectivity index (χ4n) is 3.88. The van der Waals surface area contributed by atoms with Crippen molar-refractivity contribution in [1.29, 1.82) is 0 Å². The minimum Gasteiger partial charge on any atom is -0.493 e. The van der Waals surface area contributed by atoms with Gasteiger partial charge in [0.1, 0.15) is 5.75 Å². The lowest BCUT2D eigenvalue weighted by molar-refractivity contribution is 0.162. The van der Waals surface area contributed by atoms with Crippen molar-refractivity contribution in [2.45, 2.75) is 43.0 Å². The van der Waals surface area contributed by atoms with E-state index in [1.165, 1.54) is 0 Å². The van der Waals surface area contributed by atoms with Gasteiger partial charge >= 0.3 is 0 Å². The third-order valence-corrected chi connectivity index (χ3v) is 6.97. The van der Waals surface area contributed by atoms with Crippen LogP contribution >= 0.6 is 0 Å². The molecular weight excluding hydrogens is 348 g/mol. The largest absolute Gasteiger partial charge is 0.493 e. The van der Waals surface area contributed by atoms with Crippen LogP contribution in [0.1, 0.15) is 32.6 Å². The maximum Gasteiger partial charge on any atom is 0.241 e. The zero-order valence-electron chi connectivity index (χ0n) is 15.8. The average Bonchev–Trinajstić information content (AvgIpc) is 3.11. The van der Waals surface area contributed by atoms with Gasteiger partial charge in [0.25, 0.3) is 0 Å². The van der Waals surface area contributed by atoms with Gasteiger partial charge in [0.05, 0.1) is 11.5 Å². The molecule has 1 aliphatic carbocycles. The molecule has 6 heteroatoms. The van der Waals surface area contributed by atoms with Crippen LogP contribution in [0.4, 0.5) is 0 Å². The van der Waals surface area contributed by atoms with Gasteiger partial charge in [-0.05, 0) is 46.0 Å². The second-order valence-electron chi connectivity index (χ2n) is 7.19. The predicted octanol–water partition coefficient (Wildman–Crippen LogP) is 3.39. The molecule has 2 aromatic carbocycles. The van der Waals surface area contributed by atoms with Gasteiger partial charge in [0, 0.05) is 22.9 Å². The lowest BCUT2D eigenvalue weighted by atomic mass is 9.97. The van der Waals surface area contributed by atoms with Crippen LogP contribution in [0.25, 0.3) is 10.8 Å². The first-order valence-electron chi connectivity index (χ1n) is 9.21. The molecule has 1 N–H and O–H groups in total. The number of benzene rings is 2. The molecule has 0 bridgehead atoms. The summed E-state index contributed by atoms with van der Waals surface area (Å²) in [4.78, 5) is 2.47. The first-order valence-corrected chi connectivity index (χ1v) is 10.7. The molecule has 0 aromatic heterocycles. The molecule has 0 radical (unpaired) electrons. The minimum atomic E-state index is -3.61. The van der Waals surface area contributed by atoms with E-state index >= 15 is 0 Å². The summed E-state index contributed by atoms with van der Waals surface area (Å²) in [5.74, 6) is 0.711. The van der Waals surface area contributed by atoms with Crippen LogP contribution in [-0.2, 0) is 10.0 Å². The molecule has 0 spiro atoms. The van der Waals surface area contributed by atoms with E-state index in [0.29, 0.717) is 29.2 Å². The Bertz CT molecular complexity index is 872. The summed E-state index contributed by atoms with van der Waals surface area (Å²) in [5.41, 5.74) is -0.0892. The fourth-order valence-corrected chi connectivity index (χ4v) is 5.21. The zero-order chi connectivity index (χ0) is 18.8. The van der Waals surface area contributed by atoms with E-state index in [2.05, 4.69) is 9.62 Å². The third kappa shape index (κ3) is 3.59. The van der Waals surface area contributed by atoms with E-state index in [4.69, 9.17) is 4.74 Å². The zero-order valence-corrected chi connectivity index (χ0v) is 16.6. The molecule has 0 heterocycles. The molecule has 0 amide bonds. The van der Waals surface area contributed by atoms with Gasteiger partial charge in [-0.3, -0.25) is 0 Å². The summed E-state index contributed by atoms with van der Waals surface area (Å²) in [7, 11) is 0.457. The monoisotopic (exact) mass is 376 g/mol. The normalized spacial score (nSPS) is 17.1. The summed E-state index contributed by atoms with van der Waals surface area (Å²) >= 11 is 0. The average molecular weight is 377 g/mol. The minimum absolute atomic E-state index is 0.0892. The van der Waals surface area contributed by atoms with Crippen molar-refractivity contribution in [3.8, 4) is 5.75 Å². The van der Waals surface area contributed by atoms with E-state index in [1.54, 1.807) is 12.1 Å². The SMILES string of the molecule is CCOc1ccc(S(=O)(=O)NCC2(N(C)C)CCCC2)c2ccccc12. The molecule has 0 saturated heterocycles. The van der Waals surface area contributed by atoms with Crippen LogP contribution in [0.15, 0.2) is 41.3 Å². The van der Waals surface area contributed by atoms with Gasteiger partial charge in [-0.2, -0.15) is 0 Å². The van der Waals surface area contributed by atoms with Gasteiger partial charge in [-0.1, -0.05) is 37.1 Å². The van der Waals surface area contributed by atoms with Crippen LogP contribution in [-0.4, -0.2) is 46.1 Å². The Morgan fingerprint density at radius 3 is 2.35 bits per heavy atom. The number of nitrogens with one attached hydrogen (secondary N) is 1. The second kappa shape index (κ2) is 7.55. The molecule has 1 aliphatic rings. The van der Waals surface area contributed by atoms with Crippen molar-refractivity contribution in [1.82, 2.24) is 9.62 Å².